The monoisotopic (exact) mass is 399 g/mol. The van der Waals surface area contributed by atoms with Crippen molar-refractivity contribution in [2.24, 2.45) is 0 Å². The average molecular weight is 399 g/mol. The number of benzene rings is 1. The first-order valence-corrected chi connectivity index (χ1v) is 9.77. The SMILES string of the molecule is C#Cc1cccc(-c2nc(N)c3cc(C(=O)NCCc4cccnc4)sc3n2)c1. The van der Waals surface area contributed by atoms with Gasteiger partial charge in [-0.05, 0) is 36.2 Å². The van der Waals surface area contributed by atoms with Gasteiger partial charge >= 0.3 is 0 Å². The van der Waals surface area contributed by atoms with Crippen LogP contribution in [0.3, 0.4) is 0 Å². The van der Waals surface area contributed by atoms with Gasteiger partial charge in [-0.25, -0.2) is 9.97 Å². The fourth-order valence-electron chi connectivity index (χ4n) is 2.89. The van der Waals surface area contributed by atoms with E-state index in [4.69, 9.17) is 12.2 Å². The fourth-order valence-corrected chi connectivity index (χ4v) is 3.84. The van der Waals surface area contributed by atoms with Gasteiger partial charge in [-0.2, -0.15) is 0 Å². The molecule has 0 unspecified atom stereocenters. The number of carbonyl (C=O) groups is 1. The Bertz CT molecular complexity index is 1230. The van der Waals surface area contributed by atoms with Gasteiger partial charge < -0.3 is 11.1 Å². The van der Waals surface area contributed by atoms with E-state index in [1.54, 1.807) is 18.5 Å². The maximum absolute atomic E-state index is 12.5. The summed E-state index contributed by atoms with van der Waals surface area (Å²) in [5, 5.41) is 3.59. The third kappa shape index (κ3) is 4.08. The lowest BCUT2D eigenvalue weighted by Gasteiger charge is -2.03. The molecule has 1 aromatic carbocycles. The number of thiophene rings is 1. The molecule has 0 spiro atoms. The Morgan fingerprint density at radius 3 is 2.90 bits per heavy atom. The summed E-state index contributed by atoms with van der Waals surface area (Å²) in [5.74, 6) is 3.26. The summed E-state index contributed by atoms with van der Waals surface area (Å²) in [6, 6.07) is 13.0. The lowest BCUT2D eigenvalue weighted by Crippen LogP contribution is -2.24. The van der Waals surface area contributed by atoms with Crippen LogP contribution in [0.15, 0.2) is 54.9 Å². The van der Waals surface area contributed by atoms with Crippen LogP contribution < -0.4 is 11.1 Å². The number of nitrogens with one attached hydrogen (secondary N) is 1. The van der Waals surface area contributed by atoms with E-state index in [2.05, 4.69) is 26.2 Å². The van der Waals surface area contributed by atoms with Crippen molar-refractivity contribution in [1.29, 1.82) is 0 Å². The van der Waals surface area contributed by atoms with Crippen LogP contribution in [0.5, 0.6) is 0 Å². The van der Waals surface area contributed by atoms with Gasteiger partial charge in [-0.3, -0.25) is 9.78 Å². The zero-order chi connectivity index (χ0) is 20.2. The molecule has 6 nitrogen and oxygen atoms in total. The number of carbonyl (C=O) groups excluding carboxylic acids is 1. The van der Waals surface area contributed by atoms with Crippen LogP contribution in [0.2, 0.25) is 0 Å². The molecule has 7 heteroatoms. The lowest BCUT2D eigenvalue weighted by atomic mass is 10.1. The summed E-state index contributed by atoms with van der Waals surface area (Å²) in [7, 11) is 0. The Morgan fingerprint density at radius 1 is 1.21 bits per heavy atom. The van der Waals surface area contributed by atoms with Gasteiger partial charge in [-0.15, -0.1) is 17.8 Å². The van der Waals surface area contributed by atoms with Gasteiger partial charge in [0.25, 0.3) is 5.91 Å². The molecule has 3 heterocycles. The Morgan fingerprint density at radius 2 is 2.10 bits per heavy atom. The van der Waals surface area contributed by atoms with Crippen molar-refractivity contribution in [3.05, 3.63) is 70.9 Å². The summed E-state index contributed by atoms with van der Waals surface area (Å²) >= 11 is 1.29. The van der Waals surface area contributed by atoms with Crippen molar-refractivity contribution < 1.29 is 4.79 Å². The molecule has 0 aliphatic carbocycles. The maximum atomic E-state index is 12.5. The highest BCUT2D eigenvalue weighted by Gasteiger charge is 2.15. The zero-order valence-electron chi connectivity index (χ0n) is 15.4. The standard InChI is InChI=1S/C22H17N5OS/c1-2-14-5-3-7-16(11-14)20-26-19(23)17-12-18(29-22(17)27-20)21(28)25-10-8-15-6-4-9-24-13-15/h1,3-7,9,11-13H,8,10H2,(H,25,28)(H2,23,26,27). The third-order valence-corrected chi connectivity index (χ3v) is 5.38. The van der Waals surface area contributed by atoms with E-state index < -0.39 is 0 Å². The highest BCUT2D eigenvalue weighted by atomic mass is 32.1. The molecule has 3 N–H and O–H groups in total. The molecule has 0 radical (unpaired) electrons. The first-order chi connectivity index (χ1) is 14.1. The van der Waals surface area contributed by atoms with E-state index in [-0.39, 0.29) is 5.91 Å². The molecule has 0 fully saturated rings. The first kappa shape index (κ1) is 18.6. The normalized spacial score (nSPS) is 10.6. The van der Waals surface area contributed by atoms with Crippen molar-refractivity contribution in [1.82, 2.24) is 20.3 Å². The molecular weight excluding hydrogens is 382 g/mol. The zero-order valence-corrected chi connectivity index (χ0v) is 16.2. The predicted octanol–water partition coefficient (Wildman–Crippen LogP) is 3.29. The molecule has 0 aliphatic rings. The van der Waals surface area contributed by atoms with Crippen LogP contribution in [0.4, 0.5) is 5.82 Å². The number of hydrogen-bond acceptors (Lipinski definition) is 6. The van der Waals surface area contributed by atoms with Gasteiger partial charge in [0.1, 0.15) is 10.6 Å². The quantitative estimate of drug-likeness (QED) is 0.502. The number of anilines is 1. The number of nitrogen functional groups attached to an aromatic ring is 1. The minimum absolute atomic E-state index is 0.160. The van der Waals surface area contributed by atoms with Crippen LogP contribution in [-0.4, -0.2) is 27.4 Å². The Balaban J connectivity index is 1.55. The topological polar surface area (TPSA) is 93.8 Å². The molecule has 0 saturated heterocycles. The number of rotatable bonds is 5. The second-order valence-corrected chi connectivity index (χ2v) is 7.38. The summed E-state index contributed by atoms with van der Waals surface area (Å²) in [6.45, 7) is 0.518. The number of aromatic nitrogens is 3. The van der Waals surface area contributed by atoms with Crippen LogP contribution in [-0.2, 0) is 6.42 Å². The van der Waals surface area contributed by atoms with Crippen molar-refractivity contribution in [3.63, 3.8) is 0 Å². The number of hydrogen-bond donors (Lipinski definition) is 2. The van der Waals surface area contributed by atoms with E-state index in [0.717, 1.165) is 16.7 Å². The van der Waals surface area contributed by atoms with E-state index >= 15 is 0 Å². The largest absolute Gasteiger partial charge is 0.383 e. The number of amides is 1. The van der Waals surface area contributed by atoms with E-state index in [9.17, 15) is 4.79 Å². The van der Waals surface area contributed by atoms with Crippen molar-refractivity contribution in [2.45, 2.75) is 6.42 Å². The number of terminal acetylenes is 1. The summed E-state index contributed by atoms with van der Waals surface area (Å²) < 4.78 is 0. The molecule has 0 saturated carbocycles. The molecule has 4 aromatic rings. The number of pyridine rings is 1. The minimum atomic E-state index is -0.160. The van der Waals surface area contributed by atoms with Crippen LogP contribution >= 0.6 is 11.3 Å². The number of fused-ring (bicyclic) bond motifs is 1. The molecule has 142 valence electrons. The van der Waals surface area contributed by atoms with Gasteiger partial charge in [-0.1, -0.05) is 24.1 Å². The van der Waals surface area contributed by atoms with Crippen molar-refractivity contribution >= 4 is 33.3 Å². The van der Waals surface area contributed by atoms with Gasteiger partial charge in [0.2, 0.25) is 0 Å². The Labute approximate surface area is 171 Å². The minimum Gasteiger partial charge on any atom is -0.383 e. The summed E-state index contributed by atoms with van der Waals surface area (Å²) in [4.78, 5) is 26.8. The third-order valence-electron chi connectivity index (χ3n) is 4.36. The van der Waals surface area contributed by atoms with Crippen LogP contribution in [0, 0.1) is 12.3 Å². The highest BCUT2D eigenvalue weighted by Crippen LogP contribution is 2.30. The second-order valence-electron chi connectivity index (χ2n) is 6.35. The molecular formula is C22H17N5OS. The predicted molar refractivity (Wildman–Crippen MR) is 115 cm³/mol. The Kier molecular flexibility index (Phi) is 5.18. The molecule has 1 amide bonds. The molecule has 4 rings (SSSR count). The van der Waals surface area contributed by atoms with Crippen LogP contribution in [0.25, 0.3) is 21.6 Å². The lowest BCUT2D eigenvalue weighted by molar-refractivity contribution is 0.0958. The molecule has 29 heavy (non-hydrogen) atoms. The van der Waals surface area contributed by atoms with E-state index in [0.29, 0.717) is 39.7 Å². The molecule has 0 bridgehead atoms. The van der Waals surface area contributed by atoms with Crippen molar-refractivity contribution in [2.75, 3.05) is 12.3 Å². The maximum Gasteiger partial charge on any atom is 0.261 e. The first-order valence-electron chi connectivity index (χ1n) is 8.95. The number of nitrogens with zero attached hydrogens (tertiary/aromatic N) is 3. The van der Waals surface area contributed by atoms with Gasteiger partial charge in [0, 0.05) is 30.1 Å². The Hall–Kier alpha value is -3.76. The number of nitrogens with two attached hydrogens (primary N) is 1. The fraction of sp³-hybridized carbons (Fsp3) is 0.0909. The van der Waals surface area contributed by atoms with E-state index in [1.807, 2.05) is 36.4 Å². The molecule has 3 aromatic heterocycles. The molecule has 0 atom stereocenters. The van der Waals surface area contributed by atoms with Crippen molar-refractivity contribution in [3.8, 4) is 23.7 Å². The average Bonchev–Trinajstić information content (AvgIpc) is 3.19. The van der Waals surface area contributed by atoms with E-state index in [1.165, 1.54) is 11.3 Å². The highest BCUT2D eigenvalue weighted by molar-refractivity contribution is 7.20. The van der Waals surface area contributed by atoms with Gasteiger partial charge in [0.05, 0.1) is 10.3 Å². The summed E-state index contributed by atoms with van der Waals surface area (Å²) in [6.07, 6.45) is 9.69. The van der Waals surface area contributed by atoms with Crippen LogP contribution in [0.1, 0.15) is 20.8 Å². The van der Waals surface area contributed by atoms with Gasteiger partial charge in [0.15, 0.2) is 5.82 Å². The smallest absolute Gasteiger partial charge is 0.261 e. The second kappa shape index (κ2) is 8.09. The molecule has 0 aliphatic heterocycles. The summed E-state index contributed by atoms with van der Waals surface area (Å²) in [5.41, 5.74) is 8.72.